The molecule has 94 valence electrons. The highest BCUT2D eigenvalue weighted by atomic mass is 16.5. The molecule has 1 unspecified atom stereocenters. The maximum Gasteiger partial charge on any atom is 0.223 e. The molecule has 0 aliphatic heterocycles. The fourth-order valence-corrected chi connectivity index (χ4v) is 1.47. The first kappa shape index (κ1) is 13.7. The van der Waals surface area contributed by atoms with Gasteiger partial charge in [0.1, 0.15) is 0 Å². The summed E-state index contributed by atoms with van der Waals surface area (Å²) in [6.07, 6.45) is 0.874. The maximum atomic E-state index is 11.6. The minimum absolute atomic E-state index is 0.0859. The molecule has 1 N–H and O–H groups in total. The van der Waals surface area contributed by atoms with Gasteiger partial charge in [0.15, 0.2) is 0 Å². The number of hydrogen-bond donors (Lipinski definition) is 1. The summed E-state index contributed by atoms with van der Waals surface area (Å²) in [5.41, 5.74) is 2.26. The Morgan fingerprint density at radius 1 is 1.29 bits per heavy atom. The van der Waals surface area contributed by atoms with Gasteiger partial charge in [-0.3, -0.25) is 4.79 Å². The van der Waals surface area contributed by atoms with Gasteiger partial charge < -0.3 is 10.1 Å². The summed E-state index contributed by atoms with van der Waals surface area (Å²) in [6, 6.07) is 8.08. The monoisotopic (exact) mass is 235 g/mol. The van der Waals surface area contributed by atoms with Crippen LogP contribution in [-0.2, 0) is 22.7 Å². The Morgan fingerprint density at radius 2 is 1.88 bits per heavy atom. The van der Waals surface area contributed by atoms with E-state index in [9.17, 15) is 4.79 Å². The number of hydrogen-bond acceptors (Lipinski definition) is 2. The summed E-state index contributed by atoms with van der Waals surface area (Å²) in [4.78, 5) is 11.6. The summed E-state index contributed by atoms with van der Waals surface area (Å²) < 4.78 is 5.04. The van der Waals surface area contributed by atoms with E-state index in [1.165, 1.54) is 0 Å². The number of nitrogens with one attached hydrogen (secondary N) is 1. The van der Waals surface area contributed by atoms with Crippen molar-refractivity contribution in [1.29, 1.82) is 0 Å². The quantitative estimate of drug-likeness (QED) is 0.822. The van der Waals surface area contributed by atoms with Gasteiger partial charge in [-0.1, -0.05) is 38.1 Å². The first-order valence-electron chi connectivity index (χ1n) is 6.01. The van der Waals surface area contributed by atoms with Gasteiger partial charge in [-0.05, 0) is 17.5 Å². The van der Waals surface area contributed by atoms with Crippen LogP contribution in [0.25, 0.3) is 0 Å². The zero-order valence-corrected chi connectivity index (χ0v) is 10.8. The van der Waals surface area contributed by atoms with E-state index in [2.05, 4.69) is 5.32 Å². The van der Waals surface area contributed by atoms with Crippen LogP contribution in [0.1, 0.15) is 31.4 Å². The Balaban J connectivity index is 2.44. The molecule has 0 aliphatic carbocycles. The molecule has 1 aromatic rings. The second-order valence-electron chi connectivity index (χ2n) is 4.28. The van der Waals surface area contributed by atoms with Gasteiger partial charge in [0.05, 0.1) is 6.61 Å². The zero-order chi connectivity index (χ0) is 12.7. The lowest BCUT2D eigenvalue weighted by Gasteiger charge is -2.10. The highest BCUT2D eigenvalue weighted by molar-refractivity contribution is 5.78. The lowest BCUT2D eigenvalue weighted by atomic mass is 10.1. The number of methoxy groups -OCH3 is 1. The van der Waals surface area contributed by atoms with Crippen molar-refractivity contribution in [3.05, 3.63) is 35.4 Å². The number of carbonyl (C=O) groups excluding carboxylic acids is 1. The molecule has 0 saturated carbocycles. The first-order valence-corrected chi connectivity index (χ1v) is 6.01. The molecule has 1 rings (SSSR count). The molecule has 3 nitrogen and oxygen atoms in total. The van der Waals surface area contributed by atoms with E-state index >= 15 is 0 Å². The average molecular weight is 235 g/mol. The Kier molecular flexibility index (Phi) is 5.70. The normalized spacial score (nSPS) is 12.2. The van der Waals surface area contributed by atoms with Crippen LogP contribution in [0.2, 0.25) is 0 Å². The molecule has 0 heterocycles. The van der Waals surface area contributed by atoms with Crippen LogP contribution < -0.4 is 5.32 Å². The largest absolute Gasteiger partial charge is 0.380 e. The van der Waals surface area contributed by atoms with Crippen LogP contribution in [0.3, 0.4) is 0 Å². The Bertz CT molecular complexity index is 346. The number of benzene rings is 1. The van der Waals surface area contributed by atoms with E-state index in [1.54, 1.807) is 7.11 Å². The molecule has 0 aromatic heterocycles. The molecule has 17 heavy (non-hydrogen) atoms. The first-order chi connectivity index (χ1) is 8.17. The Morgan fingerprint density at radius 3 is 2.41 bits per heavy atom. The summed E-state index contributed by atoms with van der Waals surface area (Å²) in [5.74, 6) is 0.205. The van der Waals surface area contributed by atoms with Crippen molar-refractivity contribution in [2.24, 2.45) is 5.92 Å². The second kappa shape index (κ2) is 7.07. The molecular formula is C14H21NO2. The standard InChI is InChI=1S/C14H21NO2/c1-4-11(2)14(16)15-9-12-5-7-13(8-6-12)10-17-3/h5-8,11H,4,9-10H2,1-3H3,(H,15,16). The van der Waals surface area contributed by atoms with E-state index in [1.807, 2.05) is 38.1 Å². The van der Waals surface area contributed by atoms with Crippen molar-refractivity contribution in [3.8, 4) is 0 Å². The van der Waals surface area contributed by atoms with Crippen LogP contribution in [-0.4, -0.2) is 13.0 Å². The molecule has 0 radical (unpaired) electrons. The molecule has 0 saturated heterocycles. The van der Waals surface area contributed by atoms with Crippen molar-refractivity contribution >= 4 is 5.91 Å². The summed E-state index contributed by atoms with van der Waals surface area (Å²) >= 11 is 0. The molecular weight excluding hydrogens is 214 g/mol. The SMILES string of the molecule is CCC(C)C(=O)NCc1ccc(COC)cc1. The molecule has 1 aromatic carbocycles. The van der Waals surface area contributed by atoms with Gasteiger partial charge in [0.2, 0.25) is 5.91 Å². The maximum absolute atomic E-state index is 11.6. The molecule has 0 aliphatic rings. The van der Waals surface area contributed by atoms with E-state index < -0.39 is 0 Å². The summed E-state index contributed by atoms with van der Waals surface area (Å²) in [6.45, 7) is 5.18. The van der Waals surface area contributed by atoms with Crippen molar-refractivity contribution in [2.45, 2.75) is 33.4 Å². The van der Waals surface area contributed by atoms with E-state index in [-0.39, 0.29) is 11.8 Å². The van der Waals surface area contributed by atoms with Crippen molar-refractivity contribution in [1.82, 2.24) is 5.32 Å². The van der Waals surface area contributed by atoms with Crippen molar-refractivity contribution < 1.29 is 9.53 Å². The molecule has 0 bridgehead atoms. The number of ether oxygens (including phenoxy) is 1. The van der Waals surface area contributed by atoms with E-state index in [0.29, 0.717) is 13.2 Å². The molecule has 0 fully saturated rings. The third-order valence-electron chi connectivity index (χ3n) is 2.86. The minimum atomic E-state index is 0.0859. The Labute approximate surface area is 103 Å². The van der Waals surface area contributed by atoms with Gasteiger partial charge in [0.25, 0.3) is 0 Å². The lowest BCUT2D eigenvalue weighted by Crippen LogP contribution is -2.28. The second-order valence-corrected chi connectivity index (χ2v) is 4.28. The van der Waals surface area contributed by atoms with Crippen LogP contribution in [0.15, 0.2) is 24.3 Å². The fourth-order valence-electron chi connectivity index (χ4n) is 1.47. The topological polar surface area (TPSA) is 38.3 Å². The van der Waals surface area contributed by atoms with Crippen LogP contribution in [0.4, 0.5) is 0 Å². The van der Waals surface area contributed by atoms with Gasteiger partial charge >= 0.3 is 0 Å². The zero-order valence-electron chi connectivity index (χ0n) is 10.8. The third-order valence-corrected chi connectivity index (χ3v) is 2.86. The molecule has 0 spiro atoms. The predicted octanol–water partition coefficient (Wildman–Crippen LogP) is 2.50. The average Bonchev–Trinajstić information content (AvgIpc) is 2.37. The smallest absolute Gasteiger partial charge is 0.223 e. The van der Waals surface area contributed by atoms with Crippen LogP contribution >= 0.6 is 0 Å². The van der Waals surface area contributed by atoms with E-state index in [0.717, 1.165) is 17.5 Å². The number of carbonyl (C=O) groups is 1. The lowest BCUT2D eigenvalue weighted by molar-refractivity contribution is -0.124. The Hall–Kier alpha value is -1.35. The fraction of sp³-hybridized carbons (Fsp3) is 0.500. The van der Waals surface area contributed by atoms with Crippen LogP contribution in [0.5, 0.6) is 0 Å². The van der Waals surface area contributed by atoms with Gasteiger partial charge in [-0.25, -0.2) is 0 Å². The highest BCUT2D eigenvalue weighted by Gasteiger charge is 2.09. The third kappa shape index (κ3) is 4.57. The molecule has 1 atom stereocenters. The van der Waals surface area contributed by atoms with Crippen LogP contribution in [0, 0.1) is 5.92 Å². The number of amides is 1. The molecule has 3 heteroatoms. The highest BCUT2D eigenvalue weighted by Crippen LogP contribution is 2.06. The summed E-state index contributed by atoms with van der Waals surface area (Å²) in [7, 11) is 1.68. The van der Waals surface area contributed by atoms with Crippen molar-refractivity contribution in [3.63, 3.8) is 0 Å². The van der Waals surface area contributed by atoms with Gasteiger partial charge in [-0.15, -0.1) is 0 Å². The number of rotatable bonds is 6. The van der Waals surface area contributed by atoms with Crippen molar-refractivity contribution in [2.75, 3.05) is 7.11 Å². The predicted molar refractivity (Wildman–Crippen MR) is 68.5 cm³/mol. The van der Waals surface area contributed by atoms with Gasteiger partial charge in [0, 0.05) is 19.6 Å². The summed E-state index contributed by atoms with van der Waals surface area (Å²) in [5, 5.41) is 2.93. The van der Waals surface area contributed by atoms with E-state index in [4.69, 9.17) is 4.74 Å². The minimum Gasteiger partial charge on any atom is -0.380 e. The van der Waals surface area contributed by atoms with Gasteiger partial charge in [-0.2, -0.15) is 0 Å². The molecule has 1 amide bonds.